The van der Waals surface area contributed by atoms with Crippen LogP contribution in [0.4, 0.5) is 0 Å². The molecule has 3 heteroatoms. The van der Waals surface area contributed by atoms with Crippen LogP contribution in [0.3, 0.4) is 0 Å². The van der Waals surface area contributed by atoms with E-state index < -0.39 is 0 Å². The zero-order valence-electron chi connectivity index (χ0n) is 6.20. The van der Waals surface area contributed by atoms with Gasteiger partial charge < -0.3 is 5.11 Å². The van der Waals surface area contributed by atoms with Crippen LogP contribution in [-0.4, -0.2) is 9.67 Å². The highest BCUT2D eigenvalue weighted by Gasteiger charge is 2.12. The number of hydrogen-bond acceptors (Lipinski definition) is 1. The largest absolute Gasteiger partial charge is 0.502 e. The maximum atomic E-state index is 9.04. The Bertz CT molecular complexity index is 243. The van der Waals surface area contributed by atoms with Gasteiger partial charge >= 0.3 is 5.82 Å². The summed E-state index contributed by atoms with van der Waals surface area (Å²) in [6.45, 7) is 3.43. The molecule has 0 bridgehead atoms. The number of imidazole rings is 1. The molecule has 10 heavy (non-hydrogen) atoms. The molecule has 0 aliphatic heterocycles. The van der Waals surface area contributed by atoms with Crippen LogP contribution in [0.1, 0.15) is 5.82 Å². The van der Waals surface area contributed by atoms with Gasteiger partial charge in [-0.05, 0) is 6.58 Å². The predicted octanol–water partition coefficient (Wildman–Crippen LogP) is 0.378. The van der Waals surface area contributed by atoms with E-state index in [1.54, 1.807) is 0 Å². The smallest absolute Gasteiger partial charge is 0.323 e. The van der Waals surface area contributed by atoms with Crippen LogP contribution >= 0.6 is 0 Å². The average molecular weight is 139 g/mol. The molecular weight excluding hydrogens is 128 g/mol. The van der Waals surface area contributed by atoms with E-state index in [4.69, 9.17) is 5.11 Å². The molecule has 0 amide bonds. The molecule has 0 atom stereocenters. The molecule has 54 valence electrons. The topological polar surface area (TPSA) is 29.0 Å². The van der Waals surface area contributed by atoms with Crippen molar-refractivity contribution in [3.63, 3.8) is 0 Å². The zero-order chi connectivity index (χ0) is 7.72. The fourth-order valence-electron chi connectivity index (χ4n) is 0.997. The Labute approximate surface area is 59.8 Å². The molecule has 0 saturated carbocycles. The number of aromatic nitrogens is 2. The molecule has 0 unspecified atom stereocenters. The van der Waals surface area contributed by atoms with Crippen LogP contribution in [0.2, 0.25) is 0 Å². The highest BCUT2D eigenvalue weighted by molar-refractivity contribution is 5.44. The number of aliphatic hydroxyl groups excluding tert-OH is 1. The van der Waals surface area contributed by atoms with Crippen molar-refractivity contribution in [1.82, 2.24) is 4.57 Å². The second-order valence-corrected chi connectivity index (χ2v) is 2.29. The lowest BCUT2D eigenvalue weighted by molar-refractivity contribution is -0.674. The lowest BCUT2D eigenvalue weighted by Gasteiger charge is -1.92. The second kappa shape index (κ2) is 2.17. The third kappa shape index (κ3) is 0.900. The van der Waals surface area contributed by atoms with Crippen molar-refractivity contribution >= 4 is 5.76 Å². The SMILES string of the molecule is C=C(O)c1n(C)cc[n+]1C. The molecule has 0 aliphatic rings. The summed E-state index contributed by atoms with van der Waals surface area (Å²) in [6, 6.07) is 0. The maximum Gasteiger partial charge on any atom is 0.323 e. The standard InChI is InChI=1S/C7H10N2O/c1-6(10)7-8(2)4-5-9(7)3/h4-5H,1H2,2-3H3/p+1. The van der Waals surface area contributed by atoms with E-state index in [0.717, 1.165) is 5.82 Å². The summed E-state index contributed by atoms with van der Waals surface area (Å²) >= 11 is 0. The summed E-state index contributed by atoms with van der Waals surface area (Å²) in [5.41, 5.74) is 0. The molecular formula is C7H11N2O+. The van der Waals surface area contributed by atoms with Gasteiger partial charge in [0.2, 0.25) is 0 Å². The number of hydrogen-bond donors (Lipinski definition) is 1. The monoisotopic (exact) mass is 139 g/mol. The fourth-order valence-corrected chi connectivity index (χ4v) is 0.997. The van der Waals surface area contributed by atoms with E-state index in [2.05, 4.69) is 6.58 Å². The molecule has 1 aromatic rings. The van der Waals surface area contributed by atoms with Crippen LogP contribution in [0.25, 0.3) is 5.76 Å². The van der Waals surface area contributed by atoms with E-state index in [0.29, 0.717) is 0 Å². The summed E-state index contributed by atoms with van der Waals surface area (Å²) in [5, 5.41) is 9.04. The molecule has 1 rings (SSSR count). The van der Waals surface area contributed by atoms with Crippen molar-refractivity contribution in [2.75, 3.05) is 0 Å². The maximum absolute atomic E-state index is 9.04. The Morgan fingerprint density at radius 1 is 1.80 bits per heavy atom. The van der Waals surface area contributed by atoms with Gasteiger partial charge in [-0.2, -0.15) is 0 Å². The van der Waals surface area contributed by atoms with Crippen molar-refractivity contribution in [3.8, 4) is 0 Å². The van der Waals surface area contributed by atoms with Crippen LogP contribution in [0.5, 0.6) is 0 Å². The van der Waals surface area contributed by atoms with Gasteiger partial charge in [-0.3, -0.25) is 0 Å². The zero-order valence-corrected chi connectivity index (χ0v) is 6.20. The Morgan fingerprint density at radius 2 is 2.40 bits per heavy atom. The Hall–Kier alpha value is -1.25. The molecule has 0 fully saturated rings. The minimum atomic E-state index is 0.0926. The van der Waals surface area contributed by atoms with E-state index >= 15 is 0 Å². The van der Waals surface area contributed by atoms with Crippen molar-refractivity contribution in [2.45, 2.75) is 0 Å². The summed E-state index contributed by atoms with van der Waals surface area (Å²) in [4.78, 5) is 0. The Kier molecular flexibility index (Phi) is 1.49. The first-order chi connectivity index (χ1) is 4.63. The molecule has 1 aromatic heterocycles. The van der Waals surface area contributed by atoms with Crippen molar-refractivity contribution in [1.29, 1.82) is 0 Å². The Balaban J connectivity index is 3.23. The number of rotatable bonds is 1. The van der Waals surface area contributed by atoms with Crippen molar-refractivity contribution in [3.05, 3.63) is 24.8 Å². The summed E-state index contributed by atoms with van der Waals surface area (Å²) in [5.74, 6) is 0.815. The summed E-state index contributed by atoms with van der Waals surface area (Å²) in [7, 11) is 3.72. The number of aryl methyl sites for hydroxylation is 2. The minimum Gasteiger partial charge on any atom is -0.502 e. The molecule has 0 aromatic carbocycles. The highest BCUT2D eigenvalue weighted by atomic mass is 16.3. The normalized spacial score (nSPS) is 9.80. The third-order valence-corrected chi connectivity index (χ3v) is 1.44. The van der Waals surface area contributed by atoms with Gasteiger partial charge in [-0.15, -0.1) is 0 Å². The first kappa shape index (κ1) is 6.86. The van der Waals surface area contributed by atoms with Gasteiger partial charge in [-0.25, -0.2) is 9.13 Å². The van der Waals surface area contributed by atoms with Gasteiger partial charge in [0.1, 0.15) is 12.4 Å². The first-order valence-electron chi connectivity index (χ1n) is 3.02. The molecule has 1 heterocycles. The van der Waals surface area contributed by atoms with E-state index in [1.807, 2.05) is 35.6 Å². The first-order valence-corrected chi connectivity index (χ1v) is 3.02. The average Bonchev–Trinajstić information content (AvgIpc) is 2.11. The lowest BCUT2D eigenvalue weighted by atomic mass is 10.5. The molecule has 0 aliphatic carbocycles. The highest BCUT2D eigenvalue weighted by Crippen LogP contribution is 2.00. The molecule has 0 saturated heterocycles. The minimum absolute atomic E-state index is 0.0926. The molecule has 0 radical (unpaired) electrons. The summed E-state index contributed by atoms with van der Waals surface area (Å²) < 4.78 is 3.62. The van der Waals surface area contributed by atoms with Crippen LogP contribution in [0, 0.1) is 0 Å². The summed E-state index contributed by atoms with van der Waals surface area (Å²) in [6.07, 6.45) is 3.72. The molecule has 1 N–H and O–H groups in total. The van der Waals surface area contributed by atoms with Crippen LogP contribution < -0.4 is 4.57 Å². The van der Waals surface area contributed by atoms with Gasteiger partial charge in [-0.1, -0.05) is 0 Å². The third-order valence-electron chi connectivity index (χ3n) is 1.44. The molecule has 0 spiro atoms. The van der Waals surface area contributed by atoms with E-state index in [9.17, 15) is 0 Å². The number of aliphatic hydroxyl groups is 1. The van der Waals surface area contributed by atoms with Gasteiger partial charge in [0, 0.05) is 0 Å². The van der Waals surface area contributed by atoms with Crippen LogP contribution in [0.15, 0.2) is 19.0 Å². The Morgan fingerprint density at radius 3 is 2.60 bits per heavy atom. The number of nitrogens with zero attached hydrogens (tertiary/aromatic N) is 2. The van der Waals surface area contributed by atoms with Gasteiger partial charge in [0.15, 0.2) is 5.76 Å². The quantitative estimate of drug-likeness (QED) is 0.442. The van der Waals surface area contributed by atoms with E-state index in [1.165, 1.54) is 0 Å². The van der Waals surface area contributed by atoms with E-state index in [-0.39, 0.29) is 5.76 Å². The van der Waals surface area contributed by atoms with Crippen molar-refractivity contribution in [2.24, 2.45) is 14.1 Å². The molecule has 3 nitrogen and oxygen atoms in total. The predicted molar refractivity (Wildman–Crippen MR) is 38.3 cm³/mol. The lowest BCUT2D eigenvalue weighted by Crippen LogP contribution is -2.31. The van der Waals surface area contributed by atoms with Crippen molar-refractivity contribution < 1.29 is 9.67 Å². The van der Waals surface area contributed by atoms with Gasteiger partial charge in [0.25, 0.3) is 0 Å². The van der Waals surface area contributed by atoms with Crippen LogP contribution in [-0.2, 0) is 14.1 Å². The fraction of sp³-hybridized carbons (Fsp3) is 0.286. The van der Waals surface area contributed by atoms with Gasteiger partial charge in [0.05, 0.1) is 14.1 Å². The second-order valence-electron chi connectivity index (χ2n) is 2.29.